The number of hydrogen-bond acceptors (Lipinski definition) is 4. The minimum Gasteiger partial charge on any atom is -0.481 e. The number of carbonyl (C=O) groups excluding carboxylic acids is 2. The van der Waals surface area contributed by atoms with Gasteiger partial charge in [-0.3, -0.25) is 9.59 Å². The van der Waals surface area contributed by atoms with Gasteiger partial charge in [0.25, 0.3) is 0 Å². The van der Waals surface area contributed by atoms with Crippen LogP contribution in [0.1, 0.15) is 55.6 Å². The molecule has 1 aliphatic rings. The van der Waals surface area contributed by atoms with Crippen LogP contribution in [-0.2, 0) is 14.3 Å². The van der Waals surface area contributed by atoms with Crippen molar-refractivity contribution in [3.05, 3.63) is 72.3 Å². The van der Waals surface area contributed by atoms with Crippen molar-refractivity contribution in [2.75, 3.05) is 13.2 Å². The summed E-state index contributed by atoms with van der Waals surface area (Å²) < 4.78 is 5.57. The first-order valence-corrected chi connectivity index (χ1v) is 11.7. The van der Waals surface area contributed by atoms with E-state index in [1.807, 2.05) is 24.3 Å². The number of amides is 2. The molecule has 0 aliphatic heterocycles. The fourth-order valence-corrected chi connectivity index (χ4v) is 4.25. The molecular weight excluding hydrogens is 432 g/mol. The van der Waals surface area contributed by atoms with Gasteiger partial charge in [0.2, 0.25) is 5.91 Å². The number of ether oxygens (including phenoxy) is 1. The van der Waals surface area contributed by atoms with Crippen LogP contribution in [0.3, 0.4) is 0 Å². The zero-order valence-corrected chi connectivity index (χ0v) is 19.3. The van der Waals surface area contributed by atoms with Crippen LogP contribution < -0.4 is 10.6 Å². The maximum atomic E-state index is 12.6. The Hall–Kier alpha value is -3.61. The van der Waals surface area contributed by atoms with E-state index in [0.29, 0.717) is 38.6 Å². The van der Waals surface area contributed by atoms with Crippen LogP contribution in [0.25, 0.3) is 11.1 Å². The minimum atomic E-state index is -0.819. The van der Waals surface area contributed by atoms with E-state index in [4.69, 9.17) is 9.84 Å². The molecule has 0 aromatic heterocycles. The van der Waals surface area contributed by atoms with Crippen LogP contribution in [0, 0.1) is 0 Å². The van der Waals surface area contributed by atoms with Crippen LogP contribution >= 0.6 is 0 Å². The summed E-state index contributed by atoms with van der Waals surface area (Å²) in [5.74, 6) is -1.15. The molecule has 2 aromatic rings. The van der Waals surface area contributed by atoms with Crippen molar-refractivity contribution in [2.24, 2.45) is 0 Å². The molecule has 180 valence electrons. The number of hydrogen-bond donors (Lipinski definition) is 3. The van der Waals surface area contributed by atoms with E-state index in [1.165, 1.54) is 0 Å². The minimum absolute atomic E-state index is 0.0515. The Labute approximate surface area is 200 Å². The Morgan fingerprint density at radius 1 is 1.00 bits per heavy atom. The molecule has 2 amide bonds. The SMILES string of the molecule is C=CCCC(NC(=O)OCC1c2ccccc2-c2ccccc21)C(=O)NCCCCCC(=O)O. The third kappa shape index (κ3) is 6.70. The second-order valence-corrected chi connectivity index (χ2v) is 8.38. The van der Waals surface area contributed by atoms with E-state index in [9.17, 15) is 14.4 Å². The van der Waals surface area contributed by atoms with Gasteiger partial charge in [0.1, 0.15) is 12.6 Å². The summed E-state index contributed by atoms with van der Waals surface area (Å²) in [5.41, 5.74) is 4.55. The van der Waals surface area contributed by atoms with Crippen molar-refractivity contribution >= 4 is 18.0 Å². The standard InChI is InChI=1S/C27H32N2O5/c1-2-3-15-24(26(32)28-17-10-4-5-16-25(30)31)29-27(33)34-18-23-21-13-8-6-11-19(21)20-12-7-9-14-22(20)23/h2,6-9,11-14,23-24H,1,3-5,10,15-18H2,(H,28,32)(H,29,33)(H,30,31). The van der Waals surface area contributed by atoms with Gasteiger partial charge in [-0.25, -0.2) is 4.79 Å². The van der Waals surface area contributed by atoms with Crippen molar-refractivity contribution < 1.29 is 24.2 Å². The Balaban J connectivity index is 1.52. The first kappa shape index (κ1) is 25.0. The van der Waals surface area contributed by atoms with Crippen LogP contribution in [0.2, 0.25) is 0 Å². The molecule has 0 fully saturated rings. The average Bonchev–Trinajstić information content (AvgIpc) is 3.16. The molecule has 0 heterocycles. The fourth-order valence-electron chi connectivity index (χ4n) is 4.25. The molecule has 0 spiro atoms. The molecule has 3 N–H and O–H groups in total. The van der Waals surface area contributed by atoms with E-state index >= 15 is 0 Å². The number of nitrogens with one attached hydrogen (secondary N) is 2. The zero-order chi connectivity index (χ0) is 24.3. The monoisotopic (exact) mass is 464 g/mol. The quantitative estimate of drug-likeness (QED) is 0.296. The van der Waals surface area contributed by atoms with E-state index in [0.717, 1.165) is 22.3 Å². The van der Waals surface area contributed by atoms with Gasteiger partial charge in [-0.1, -0.05) is 61.0 Å². The summed E-state index contributed by atoms with van der Waals surface area (Å²) in [7, 11) is 0. The van der Waals surface area contributed by atoms with Crippen LogP contribution in [0.15, 0.2) is 61.2 Å². The number of rotatable bonds is 13. The molecule has 3 rings (SSSR count). The topological polar surface area (TPSA) is 105 Å². The molecule has 34 heavy (non-hydrogen) atoms. The average molecular weight is 465 g/mol. The van der Waals surface area contributed by atoms with Gasteiger partial charge in [0.05, 0.1) is 0 Å². The molecule has 1 atom stereocenters. The Morgan fingerprint density at radius 3 is 2.26 bits per heavy atom. The number of allylic oxidation sites excluding steroid dienone is 1. The molecule has 1 aliphatic carbocycles. The van der Waals surface area contributed by atoms with Gasteiger partial charge in [0.15, 0.2) is 0 Å². The molecule has 0 saturated carbocycles. The lowest BCUT2D eigenvalue weighted by Gasteiger charge is -2.19. The molecule has 0 saturated heterocycles. The lowest BCUT2D eigenvalue weighted by atomic mass is 9.98. The smallest absolute Gasteiger partial charge is 0.407 e. The Bertz CT molecular complexity index is 974. The molecule has 7 heteroatoms. The first-order valence-electron chi connectivity index (χ1n) is 11.7. The van der Waals surface area contributed by atoms with Crippen molar-refractivity contribution in [2.45, 2.75) is 50.5 Å². The summed E-state index contributed by atoms with van der Waals surface area (Å²) in [6.07, 6.45) is 4.14. The number of carboxylic acids is 1. The van der Waals surface area contributed by atoms with Crippen molar-refractivity contribution in [3.63, 3.8) is 0 Å². The van der Waals surface area contributed by atoms with Gasteiger partial charge in [-0.05, 0) is 47.9 Å². The summed E-state index contributed by atoms with van der Waals surface area (Å²) in [6, 6.07) is 15.5. The number of alkyl carbamates (subject to hydrolysis) is 1. The van der Waals surface area contributed by atoms with Gasteiger partial charge in [-0.2, -0.15) is 0 Å². The normalized spacial score (nSPS) is 12.8. The molecular formula is C27H32N2O5. The third-order valence-electron chi connectivity index (χ3n) is 5.98. The second kappa shape index (κ2) is 12.6. The van der Waals surface area contributed by atoms with Crippen molar-refractivity contribution in [3.8, 4) is 11.1 Å². The highest BCUT2D eigenvalue weighted by molar-refractivity contribution is 5.85. The van der Waals surface area contributed by atoms with Gasteiger partial charge in [-0.15, -0.1) is 6.58 Å². The first-order chi connectivity index (χ1) is 16.5. The van der Waals surface area contributed by atoms with Crippen molar-refractivity contribution in [1.82, 2.24) is 10.6 Å². The summed E-state index contributed by atoms with van der Waals surface area (Å²) in [4.78, 5) is 35.8. The van der Waals surface area contributed by atoms with Gasteiger partial charge >= 0.3 is 12.1 Å². The zero-order valence-electron chi connectivity index (χ0n) is 19.3. The van der Waals surface area contributed by atoms with E-state index < -0.39 is 18.1 Å². The maximum absolute atomic E-state index is 12.6. The lowest BCUT2D eigenvalue weighted by Crippen LogP contribution is -2.47. The largest absolute Gasteiger partial charge is 0.481 e. The fraction of sp³-hybridized carbons (Fsp3) is 0.370. The number of aliphatic carboxylic acids is 1. The van der Waals surface area contributed by atoms with E-state index in [2.05, 4.69) is 41.5 Å². The Kier molecular flexibility index (Phi) is 9.26. The summed E-state index contributed by atoms with van der Waals surface area (Å²) in [6.45, 7) is 4.29. The highest BCUT2D eigenvalue weighted by Gasteiger charge is 2.29. The van der Waals surface area contributed by atoms with Crippen LogP contribution in [0.5, 0.6) is 0 Å². The number of benzene rings is 2. The number of unbranched alkanes of at least 4 members (excludes halogenated alkanes) is 2. The lowest BCUT2D eigenvalue weighted by molar-refractivity contribution is -0.137. The number of fused-ring (bicyclic) bond motifs is 3. The van der Waals surface area contributed by atoms with Crippen LogP contribution in [-0.4, -0.2) is 42.3 Å². The number of carbonyl (C=O) groups is 3. The molecule has 1 unspecified atom stereocenters. The van der Waals surface area contributed by atoms with E-state index in [1.54, 1.807) is 6.08 Å². The maximum Gasteiger partial charge on any atom is 0.407 e. The van der Waals surface area contributed by atoms with Crippen molar-refractivity contribution in [1.29, 1.82) is 0 Å². The molecule has 0 radical (unpaired) electrons. The summed E-state index contributed by atoms with van der Waals surface area (Å²) in [5, 5.41) is 14.2. The predicted octanol–water partition coefficient (Wildman–Crippen LogP) is 4.62. The second-order valence-electron chi connectivity index (χ2n) is 8.38. The third-order valence-corrected chi connectivity index (χ3v) is 5.98. The van der Waals surface area contributed by atoms with Gasteiger partial charge in [0, 0.05) is 18.9 Å². The highest BCUT2D eigenvalue weighted by atomic mass is 16.5. The number of carboxylic acid groups (broad SMARTS) is 1. The van der Waals surface area contributed by atoms with Gasteiger partial charge < -0.3 is 20.5 Å². The molecule has 2 aromatic carbocycles. The van der Waals surface area contributed by atoms with E-state index in [-0.39, 0.29) is 24.9 Å². The summed E-state index contributed by atoms with van der Waals surface area (Å²) >= 11 is 0. The highest BCUT2D eigenvalue weighted by Crippen LogP contribution is 2.44. The Morgan fingerprint density at radius 2 is 1.65 bits per heavy atom. The molecule has 7 nitrogen and oxygen atoms in total. The molecule has 0 bridgehead atoms. The predicted molar refractivity (Wildman–Crippen MR) is 131 cm³/mol. The van der Waals surface area contributed by atoms with Crippen LogP contribution in [0.4, 0.5) is 4.79 Å².